The van der Waals surface area contributed by atoms with Gasteiger partial charge in [0.2, 0.25) is 0 Å². The molecule has 2 aromatic heterocycles. The molecule has 90 valence electrons. The Labute approximate surface area is 102 Å². The molecule has 0 saturated heterocycles. The molecule has 6 heteroatoms. The summed E-state index contributed by atoms with van der Waals surface area (Å²) in [7, 11) is 0. The Balaban J connectivity index is 2.12. The Hall–Kier alpha value is -2.76. The van der Waals surface area contributed by atoms with Crippen molar-refractivity contribution in [1.82, 2.24) is 9.97 Å². The first kappa shape index (κ1) is 11.7. The monoisotopic (exact) mass is 243 g/mol. The molecule has 0 spiro atoms. The number of anilines is 1. The van der Waals surface area contributed by atoms with Crippen molar-refractivity contribution in [1.29, 1.82) is 0 Å². The molecular formula is C12H9N3O3. The van der Waals surface area contributed by atoms with Crippen molar-refractivity contribution < 1.29 is 14.7 Å². The minimum Gasteiger partial charge on any atom is -0.477 e. The fraction of sp³-hybridized carbons (Fsp3) is 0. The molecule has 0 aliphatic heterocycles. The van der Waals surface area contributed by atoms with Crippen molar-refractivity contribution in [3.05, 3.63) is 54.1 Å². The molecule has 0 atom stereocenters. The molecule has 2 N–H and O–H groups in total. The maximum atomic E-state index is 11.8. The van der Waals surface area contributed by atoms with Crippen LogP contribution in [0.15, 0.2) is 42.9 Å². The zero-order valence-corrected chi connectivity index (χ0v) is 9.20. The number of hydrogen-bond acceptors (Lipinski definition) is 4. The van der Waals surface area contributed by atoms with Gasteiger partial charge >= 0.3 is 5.97 Å². The lowest BCUT2D eigenvalue weighted by Gasteiger charge is -2.04. The van der Waals surface area contributed by atoms with E-state index in [4.69, 9.17) is 5.11 Å². The van der Waals surface area contributed by atoms with Gasteiger partial charge in [-0.05, 0) is 24.3 Å². The quantitative estimate of drug-likeness (QED) is 0.850. The highest BCUT2D eigenvalue weighted by Crippen LogP contribution is 2.07. The minimum absolute atomic E-state index is 0.104. The van der Waals surface area contributed by atoms with E-state index in [9.17, 15) is 9.59 Å². The second kappa shape index (κ2) is 5.05. The van der Waals surface area contributed by atoms with E-state index in [1.807, 2.05) is 0 Å². The largest absolute Gasteiger partial charge is 0.477 e. The van der Waals surface area contributed by atoms with Crippen molar-refractivity contribution in [3.8, 4) is 0 Å². The van der Waals surface area contributed by atoms with Crippen LogP contribution in [0.4, 0.5) is 5.69 Å². The van der Waals surface area contributed by atoms with Crippen LogP contribution in [-0.4, -0.2) is 27.0 Å². The molecule has 1 amide bonds. The number of nitrogens with zero attached hydrogens (tertiary/aromatic N) is 2. The number of nitrogens with one attached hydrogen (secondary N) is 1. The van der Waals surface area contributed by atoms with Crippen molar-refractivity contribution >= 4 is 17.6 Å². The molecule has 0 bridgehead atoms. The predicted octanol–water partition coefficient (Wildman–Crippen LogP) is 1.43. The van der Waals surface area contributed by atoms with Gasteiger partial charge in [-0.25, -0.2) is 9.78 Å². The number of rotatable bonds is 3. The minimum atomic E-state index is -1.13. The van der Waals surface area contributed by atoms with Crippen LogP contribution in [0.25, 0.3) is 0 Å². The van der Waals surface area contributed by atoms with Crippen LogP contribution in [0.3, 0.4) is 0 Å². The topological polar surface area (TPSA) is 92.2 Å². The molecule has 6 nitrogen and oxygen atoms in total. The lowest BCUT2D eigenvalue weighted by atomic mass is 10.2. The molecule has 2 heterocycles. The van der Waals surface area contributed by atoms with Crippen LogP contribution in [0.5, 0.6) is 0 Å². The van der Waals surface area contributed by atoms with E-state index in [2.05, 4.69) is 15.3 Å². The zero-order chi connectivity index (χ0) is 13.0. The van der Waals surface area contributed by atoms with Crippen LogP contribution in [0.1, 0.15) is 20.8 Å². The summed E-state index contributed by atoms with van der Waals surface area (Å²) in [4.78, 5) is 29.9. The van der Waals surface area contributed by atoms with E-state index in [1.54, 1.807) is 18.3 Å². The number of hydrogen-bond donors (Lipinski definition) is 2. The summed E-state index contributed by atoms with van der Waals surface area (Å²) in [5, 5.41) is 11.3. The van der Waals surface area contributed by atoms with Gasteiger partial charge in [0.25, 0.3) is 5.91 Å². The summed E-state index contributed by atoms with van der Waals surface area (Å²) in [6.07, 6.45) is 4.32. The zero-order valence-electron chi connectivity index (χ0n) is 9.20. The Morgan fingerprint density at radius 1 is 1.17 bits per heavy atom. The summed E-state index contributed by atoms with van der Waals surface area (Å²) >= 11 is 0. The van der Waals surface area contributed by atoms with Gasteiger partial charge < -0.3 is 10.4 Å². The fourth-order valence-electron chi connectivity index (χ4n) is 1.29. The number of carboxylic acids is 1. The molecule has 0 aliphatic carbocycles. The number of carboxylic acid groups (broad SMARTS) is 1. The van der Waals surface area contributed by atoms with Gasteiger partial charge in [-0.1, -0.05) is 0 Å². The lowest BCUT2D eigenvalue weighted by Crippen LogP contribution is -2.13. The standard InChI is InChI=1S/C12H9N3O3/c16-11(15-9-2-1-5-13-7-9)8-3-4-10(12(17)18)14-6-8/h1-7H,(H,15,16)(H,17,18). The first-order valence-corrected chi connectivity index (χ1v) is 5.07. The van der Waals surface area contributed by atoms with E-state index in [0.29, 0.717) is 5.69 Å². The van der Waals surface area contributed by atoms with Crippen LogP contribution in [0, 0.1) is 0 Å². The van der Waals surface area contributed by atoms with Gasteiger partial charge in [0.05, 0.1) is 17.4 Å². The number of carbonyl (C=O) groups is 2. The van der Waals surface area contributed by atoms with Gasteiger partial charge in [-0.3, -0.25) is 9.78 Å². The Morgan fingerprint density at radius 3 is 2.56 bits per heavy atom. The lowest BCUT2D eigenvalue weighted by molar-refractivity contribution is 0.0690. The SMILES string of the molecule is O=C(Nc1cccnc1)c1ccc(C(=O)O)nc1. The first-order chi connectivity index (χ1) is 8.66. The van der Waals surface area contributed by atoms with Crippen LogP contribution in [0.2, 0.25) is 0 Å². The number of aromatic carboxylic acids is 1. The van der Waals surface area contributed by atoms with Crippen LogP contribution >= 0.6 is 0 Å². The van der Waals surface area contributed by atoms with Crippen molar-refractivity contribution in [2.75, 3.05) is 5.32 Å². The molecule has 0 saturated carbocycles. The van der Waals surface area contributed by atoms with E-state index < -0.39 is 5.97 Å². The van der Waals surface area contributed by atoms with Gasteiger partial charge in [-0.15, -0.1) is 0 Å². The number of carbonyl (C=O) groups excluding carboxylic acids is 1. The maximum Gasteiger partial charge on any atom is 0.354 e. The average Bonchev–Trinajstić information content (AvgIpc) is 2.40. The molecular weight excluding hydrogens is 234 g/mol. The van der Waals surface area contributed by atoms with Gasteiger partial charge in [0, 0.05) is 12.4 Å². The van der Waals surface area contributed by atoms with Crippen LogP contribution in [-0.2, 0) is 0 Å². The average molecular weight is 243 g/mol. The number of pyridine rings is 2. The molecule has 0 aromatic carbocycles. The summed E-state index contributed by atoms with van der Waals surface area (Å²) in [5.74, 6) is -1.50. The van der Waals surface area contributed by atoms with Gasteiger partial charge in [0.15, 0.2) is 0 Å². The second-order valence-corrected chi connectivity index (χ2v) is 3.43. The molecule has 0 fully saturated rings. The van der Waals surface area contributed by atoms with Crippen molar-refractivity contribution in [3.63, 3.8) is 0 Å². The number of amides is 1. The van der Waals surface area contributed by atoms with E-state index >= 15 is 0 Å². The predicted molar refractivity (Wildman–Crippen MR) is 63.4 cm³/mol. The van der Waals surface area contributed by atoms with Crippen molar-refractivity contribution in [2.24, 2.45) is 0 Å². The summed E-state index contributed by atoms with van der Waals surface area (Å²) in [6, 6.07) is 6.08. The Kier molecular flexibility index (Phi) is 3.29. The molecule has 0 unspecified atom stereocenters. The molecule has 18 heavy (non-hydrogen) atoms. The summed E-state index contributed by atoms with van der Waals surface area (Å²) in [6.45, 7) is 0. The third kappa shape index (κ3) is 2.67. The highest BCUT2D eigenvalue weighted by molar-refractivity contribution is 6.04. The highest BCUT2D eigenvalue weighted by atomic mass is 16.4. The van der Waals surface area contributed by atoms with E-state index in [1.165, 1.54) is 24.5 Å². The molecule has 2 rings (SSSR count). The Morgan fingerprint density at radius 2 is 2.00 bits per heavy atom. The van der Waals surface area contributed by atoms with Crippen LogP contribution < -0.4 is 5.32 Å². The van der Waals surface area contributed by atoms with Gasteiger partial charge in [0.1, 0.15) is 5.69 Å². The van der Waals surface area contributed by atoms with E-state index in [-0.39, 0.29) is 17.2 Å². The molecule has 0 radical (unpaired) electrons. The van der Waals surface area contributed by atoms with Gasteiger partial charge in [-0.2, -0.15) is 0 Å². The third-order valence-corrected chi connectivity index (χ3v) is 2.16. The van der Waals surface area contributed by atoms with E-state index in [0.717, 1.165) is 0 Å². The smallest absolute Gasteiger partial charge is 0.354 e. The first-order valence-electron chi connectivity index (χ1n) is 5.07. The molecule has 2 aromatic rings. The maximum absolute atomic E-state index is 11.8. The number of aromatic nitrogens is 2. The molecule has 0 aliphatic rings. The second-order valence-electron chi connectivity index (χ2n) is 3.43. The van der Waals surface area contributed by atoms with Crippen molar-refractivity contribution in [2.45, 2.75) is 0 Å². The highest BCUT2D eigenvalue weighted by Gasteiger charge is 2.09. The summed E-state index contributed by atoms with van der Waals surface area (Å²) < 4.78 is 0. The third-order valence-electron chi connectivity index (χ3n) is 2.16. The normalized spacial score (nSPS) is 9.78. The summed E-state index contributed by atoms with van der Waals surface area (Å²) in [5.41, 5.74) is 0.738. The fourth-order valence-corrected chi connectivity index (χ4v) is 1.29. The Bertz CT molecular complexity index is 567.